The van der Waals surface area contributed by atoms with Gasteiger partial charge in [0, 0.05) is 12.3 Å². The number of amides is 3. The van der Waals surface area contributed by atoms with E-state index in [-0.39, 0.29) is 0 Å². The van der Waals surface area contributed by atoms with E-state index in [1.165, 1.54) is 44.9 Å². The van der Waals surface area contributed by atoms with Gasteiger partial charge in [0.15, 0.2) is 0 Å². The van der Waals surface area contributed by atoms with Crippen molar-refractivity contribution < 1.29 is 19.8 Å². The van der Waals surface area contributed by atoms with Crippen LogP contribution in [-0.2, 0) is 0 Å². The van der Waals surface area contributed by atoms with Gasteiger partial charge in [0.05, 0.1) is 0 Å². The molecule has 31 heavy (non-hydrogen) atoms. The molecular weight excluding hydrogens is 392 g/mol. The molecule has 0 bridgehead atoms. The van der Waals surface area contributed by atoms with Gasteiger partial charge in [-0.15, -0.1) is 0 Å². The highest BCUT2D eigenvalue weighted by molar-refractivity contribution is 5.98. The summed E-state index contributed by atoms with van der Waals surface area (Å²) in [4.78, 5) is 20.8. The van der Waals surface area contributed by atoms with Crippen LogP contribution in [-0.4, -0.2) is 28.9 Å². The summed E-state index contributed by atoms with van der Waals surface area (Å²) in [5.41, 5.74) is 0.543. The number of carbonyl (C=O) groups excluding carboxylic acids is 1. The Hall–Kier alpha value is -2.08. The number of para-hydroxylation sites is 1. The van der Waals surface area contributed by atoms with Gasteiger partial charge in [-0.1, -0.05) is 91.3 Å². The van der Waals surface area contributed by atoms with Crippen molar-refractivity contribution in [1.29, 1.82) is 0 Å². The van der Waals surface area contributed by atoms with Gasteiger partial charge in [-0.25, -0.2) is 14.9 Å². The number of aliphatic hydroxyl groups excluding tert-OH is 1. The summed E-state index contributed by atoms with van der Waals surface area (Å²) < 4.78 is 0. The Morgan fingerprint density at radius 3 is 1.90 bits per heavy atom. The second-order valence-corrected chi connectivity index (χ2v) is 8.87. The average molecular weight is 437 g/mol. The van der Waals surface area contributed by atoms with Crippen LogP contribution in [0.3, 0.4) is 0 Å². The van der Waals surface area contributed by atoms with Gasteiger partial charge in [0.2, 0.25) is 0 Å². The van der Waals surface area contributed by atoms with Gasteiger partial charge < -0.3 is 15.5 Å². The first-order chi connectivity index (χ1) is 14.7. The number of hydrogen-bond acceptors (Lipinski definition) is 3. The molecule has 0 spiro atoms. The molecule has 0 fully saturated rings. The molecule has 1 rings (SSSR count). The summed E-state index contributed by atoms with van der Waals surface area (Å²) >= 11 is 0. The van der Waals surface area contributed by atoms with E-state index < -0.39 is 12.1 Å². The first kappa shape index (κ1) is 28.9. The summed E-state index contributed by atoms with van der Waals surface area (Å²) in [7, 11) is 0. The highest BCUT2D eigenvalue weighted by Gasteiger charge is 2.16. The van der Waals surface area contributed by atoms with Crippen molar-refractivity contribution in [1.82, 2.24) is 5.32 Å². The SMILES string of the molecule is CCCCCC(CCCC(CO)C(C)C)C(C)C.O=C(O)NC(=O)Nc1ccccc1. The lowest BCUT2D eigenvalue weighted by atomic mass is 9.83. The Labute approximate surface area is 188 Å². The molecule has 0 aliphatic heterocycles. The molecule has 0 aromatic heterocycles. The Morgan fingerprint density at radius 1 is 0.871 bits per heavy atom. The zero-order valence-electron chi connectivity index (χ0n) is 20.1. The van der Waals surface area contributed by atoms with Gasteiger partial charge in [0.1, 0.15) is 0 Å². The number of urea groups is 1. The molecule has 6 nitrogen and oxygen atoms in total. The van der Waals surface area contributed by atoms with E-state index in [0.29, 0.717) is 24.1 Å². The predicted octanol–water partition coefficient (Wildman–Crippen LogP) is 6.76. The standard InChI is InChI=1S/C17H36O.C8H8N2O3/c1-6-7-8-10-16(14(2)3)11-9-12-17(13-18)15(4)5;11-7(10-8(12)13)9-6-4-2-1-3-5-6/h14-18H,6-13H2,1-5H3;1-5H,(H,12,13)(H2,9,10,11). The van der Waals surface area contributed by atoms with Crippen molar-refractivity contribution in [2.24, 2.45) is 23.7 Å². The highest BCUT2D eigenvalue weighted by atomic mass is 16.4. The minimum atomic E-state index is -1.38. The predicted molar refractivity (Wildman–Crippen MR) is 128 cm³/mol. The van der Waals surface area contributed by atoms with Crippen molar-refractivity contribution in [2.75, 3.05) is 11.9 Å². The number of aliphatic hydroxyl groups is 1. The number of nitrogens with one attached hydrogen (secondary N) is 2. The van der Waals surface area contributed by atoms with Crippen molar-refractivity contribution in [3.8, 4) is 0 Å². The van der Waals surface area contributed by atoms with E-state index in [1.807, 2.05) is 0 Å². The molecule has 3 amide bonds. The fourth-order valence-corrected chi connectivity index (χ4v) is 3.53. The molecule has 2 atom stereocenters. The van der Waals surface area contributed by atoms with Crippen LogP contribution in [0.2, 0.25) is 0 Å². The van der Waals surface area contributed by atoms with Crippen molar-refractivity contribution >= 4 is 17.8 Å². The molecule has 2 unspecified atom stereocenters. The van der Waals surface area contributed by atoms with Crippen LogP contribution in [0.4, 0.5) is 15.3 Å². The fourth-order valence-electron chi connectivity index (χ4n) is 3.53. The lowest BCUT2D eigenvalue weighted by Gasteiger charge is -2.23. The Bertz CT molecular complexity index is 590. The second kappa shape index (κ2) is 17.6. The largest absolute Gasteiger partial charge is 0.465 e. The summed E-state index contributed by atoms with van der Waals surface area (Å²) in [6, 6.07) is 7.80. The number of anilines is 1. The molecule has 1 aromatic carbocycles. The molecule has 0 radical (unpaired) electrons. The van der Waals surface area contributed by atoms with Crippen LogP contribution in [0.5, 0.6) is 0 Å². The summed E-state index contributed by atoms with van der Waals surface area (Å²) in [5.74, 6) is 2.83. The smallest absolute Gasteiger partial charge is 0.412 e. The Kier molecular flexibility index (Phi) is 16.4. The maximum atomic E-state index is 10.8. The third-order valence-corrected chi connectivity index (χ3v) is 5.70. The average Bonchev–Trinajstić information content (AvgIpc) is 2.70. The molecule has 0 aliphatic rings. The number of unbranched alkanes of at least 4 members (excludes halogenated alkanes) is 2. The molecule has 4 N–H and O–H groups in total. The van der Waals surface area contributed by atoms with Crippen molar-refractivity contribution in [2.45, 2.75) is 79.6 Å². The molecule has 0 aliphatic carbocycles. The number of rotatable bonds is 12. The van der Waals surface area contributed by atoms with Crippen LogP contribution in [0, 0.1) is 23.7 Å². The molecule has 178 valence electrons. The topological polar surface area (TPSA) is 98.7 Å². The molecule has 0 saturated heterocycles. The maximum absolute atomic E-state index is 10.8. The van der Waals surface area contributed by atoms with Gasteiger partial charge in [0.25, 0.3) is 0 Å². The Balaban J connectivity index is 0.000000609. The lowest BCUT2D eigenvalue weighted by molar-refractivity contribution is 0.173. The zero-order valence-corrected chi connectivity index (χ0v) is 20.1. The third kappa shape index (κ3) is 15.4. The molecule has 0 heterocycles. The van der Waals surface area contributed by atoms with Crippen LogP contribution in [0.1, 0.15) is 79.6 Å². The van der Waals surface area contributed by atoms with E-state index >= 15 is 0 Å². The number of benzene rings is 1. The number of hydrogen-bond donors (Lipinski definition) is 4. The maximum Gasteiger partial charge on any atom is 0.412 e. The number of carbonyl (C=O) groups is 2. The molecule has 1 aromatic rings. The van der Waals surface area contributed by atoms with Crippen LogP contribution >= 0.6 is 0 Å². The number of imide groups is 1. The van der Waals surface area contributed by atoms with Crippen molar-refractivity contribution in [3.05, 3.63) is 30.3 Å². The van der Waals surface area contributed by atoms with E-state index in [0.717, 1.165) is 11.8 Å². The highest BCUT2D eigenvalue weighted by Crippen LogP contribution is 2.26. The molecule has 6 heteroatoms. The van der Waals surface area contributed by atoms with Gasteiger partial charge in [-0.3, -0.25) is 0 Å². The van der Waals surface area contributed by atoms with Gasteiger partial charge >= 0.3 is 12.1 Å². The van der Waals surface area contributed by atoms with E-state index in [2.05, 4.69) is 39.9 Å². The van der Waals surface area contributed by atoms with Crippen LogP contribution < -0.4 is 10.6 Å². The minimum absolute atomic E-state index is 0.361. The number of carboxylic acid groups (broad SMARTS) is 1. The monoisotopic (exact) mass is 436 g/mol. The second-order valence-electron chi connectivity index (χ2n) is 8.87. The normalized spacial score (nSPS) is 12.6. The molecular formula is C25H44N2O4. The zero-order chi connectivity index (χ0) is 23.6. The lowest BCUT2D eigenvalue weighted by Crippen LogP contribution is -2.32. The van der Waals surface area contributed by atoms with Gasteiger partial charge in [-0.2, -0.15) is 0 Å². The van der Waals surface area contributed by atoms with Crippen molar-refractivity contribution in [3.63, 3.8) is 0 Å². The summed E-state index contributed by atoms with van der Waals surface area (Å²) in [5, 5.41) is 21.5. The van der Waals surface area contributed by atoms with Crippen LogP contribution in [0.25, 0.3) is 0 Å². The fraction of sp³-hybridized carbons (Fsp3) is 0.680. The van der Waals surface area contributed by atoms with Crippen LogP contribution in [0.15, 0.2) is 30.3 Å². The Morgan fingerprint density at radius 2 is 1.42 bits per heavy atom. The third-order valence-electron chi connectivity index (χ3n) is 5.70. The molecule has 0 saturated carbocycles. The van der Waals surface area contributed by atoms with E-state index in [9.17, 15) is 14.7 Å². The van der Waals surface area contributed by atoms with E-state index in [1.54, 1.807) is 35.6 Å². The first-order valence-corrected chi connectivity index (χ1v) is 11.7. The summed E-state index contributed by atoms with van der Waals surface area (Å²) in [6.45, 7) is 11.8. The summed E-state index contributed by atoms with van der Waals surface area (Å²) in [6.07, 6.45) is 7.96. The minimum Gasteiger partial charge on any atom is -0.465 e. The quantitative estimate of drug-likeness (QED) is 0.272. The van der Waals surface area contributed by atoms with Gasteiger partial charge in [-0.05, 0) is 42.2 Å². The first-order valence-electron chi connectivity index (χ1n) is 11.7. The van der Waals surface area contributed by atoms with E-state index in [4.69, 9.17) is 5.11 Å².